The first-order valence-electron chi connectivity index (χ1n) is 14.9. The Morgan fingerprint density at radius 2 is 1.91 bits per heavy atom. The molecule has 256 valence electrons. The molecule has 0 saturated carbocycles. The Bertz CT molecular complexity index is 1040. The number of aliphatic hydroxyl groups excluding tert-OH is 1. The highest BCUT2D eigenvalue weighted by atomic mass is 32.2. The second-order valence-electron chi connectivity index (χ2n) is 11.3. The molecule has 4 N–H and O–H groups in total. The molecule has 5 unspecified atom stereocenters. The van der Waals surface area contributed by atoms with Crippen LogP contribution in [0.1, 0.15) is 59.3 Å². The number of carbonyl (C=O) groups excluding carboxylic acids is 2. The number of ether oxygens (including phenoxy) is 2. The molecule has 44 heavy (non-hydrogen) atoms. The number of hydrogen-bond acceptors (Lipinski definition) is 13. The van der Waals surface area contributed by atoms with Gasteiger partial charge in [-0.15, -0.1) is 0 Å². The standard InChI is InChI=1S/C26H47NO13P2S2/c1-16(29)7-8-19-9-10-22(30)27-11-5-6-12-43-25-17(2)37-20(13-28)23(25)40-42(33,34)36-14-21-24(39-41(31,32)35-4)26(44-15-19)18(3)38-21/h17-21,23-26,28H,5-15H2,1-4H3,(H,27,30)(H,31,32)(H,33,34)/t17-,18-,19?,20+,21+,23?,24?,25+,26+/m0/s1. The Balaban J connectivity index is 1.83. The number of phosphoric acid groups is 2. The molecule has 18 heteroatoms. The van der Waals surface area contributed by atoms with Crippen LogP contribution in [-0.4, -0.2) is 112 Å². The maximum absolute atomic E-state index is 13.2. The molecule has 3 rings (SSSR count). The molecule has 0 aromatic carbocycles. The summed E-state index contributed by atoms with van der Waals surface area (Å²) in [4.78, 5) is 45.2. The van der Waals surface area contributed by atoms with Gasteiger partial charge in [-0.05, 0) is 63.9 Å². The number of thioether (sulfide) groups is 2. The first-order valence-corrected chi connectivity index (χ1v) is 20.0. The number of amides is 1. The second-order valence-corrected chi connectivity index (χ2v) is 16.7. The maximum Gasteiger partial charge on any atom is 0.472 e. The van der Waals surface area contributed by atoms with E-state index < -0.39 is 64.6 Å². The predicted molar refractivity (Wildman–Crippen MR) is 165 cm³/mol. The lowest BCUT2D eigenvalue weighted by molar-refractivity contribution is -0.121. The van der Waals surface area contributed by atoms with Crippen molar-refractivity contribution in [3.05, 3.63) is 0 Å². The molecular weight excluding hydrogens is 660 g/mol. The van der Waals surface area contributed by atoms with Gasteiger partial charge in [0.25, 0.3) is 0 Å². The van der Waals surface area contributed by atoms with E-state index in [9.17, 15) is 33.6 Å². The van der Waals surface area contributed by atoms with Crippen molar-refractivity contribution in [1.29, 1.82) is 0 Å². The number of aliphatic hydroxyl groups is 1. The molecule has 0 aromatic heterocycles. The summed E-state index contributed by atoms with van der Waals surface area (Å²) in [5.41, 5.74) is 0. The largest absolute Gasteiger partial charge is 0.472 e. The van der Waals surface area contributed by atoms with Gasteiger partial charge in [-0.25, -0.2) is 9.13 Å². The molecule has 0 radical (unpaired) electrons. The molecule has 14 nitrogen and oxygen atoms in total. The molecule has 3 aliphatic rings. The summed E-state index contributed by atoms with van der Waals surface area (Å²) in [6.45, 7) is 4.65. The van der Waals surface area contributed by atoms with Gasteiger partial charge in [0.05, 0.1) is 35.9 Å². The van der Waals surface area contributed by atoms with Gasteiger partial charge in [-0.3, -0.25) is 22.9 Å². The number of nitrogens with one attached hydrogen (secondary N) is 1. The molecule has 0 aliphatic carbocycles. The van der Waals surface area contributed by atoms with Crippen molar-refractivity contribution in [3.8, 4) is 0 Å². The van der Waals surface area contributed by atoms with Crippen molar-refractivity contribution in [2.45, 2.75) is 106 Å². The van der Waals surface area contributed by atoms with Gasteiger partial charge < -0.3 is 34.5 Å². The molecule has 3 saturated heterocycles. The lowest BCUT2D eigenvalue weighted by atomic mass is 9.98. The number of rotatable bonds is 7. The maximum atomic E-state index is 13.2. The smallest absolute Gasteiger partial charge is 0.394 e. The molecule has 3 aliphatic heterocycles. The van der Waals surface area contributed by atoms with Crippen LogP contribution in [0.3, 0.4) is 0 Å². The zero-order valence-electron chi connectivity index (χ0n) is 25.6. The Morgan fingerprint density at radius 1 is 1.18 bits per heavy atom. The van der Waals surface area contributed by atoms with Crippen molar-refractivity contribution < 1.29 is 61.2 Å². The quantitative estimate of drug-likeness (QED) is 0.282. The Kier molecular flexibility index (Phi) is 15.6. The minimum absolute atomic E-state index is 0.000753. The fourth-order valence-corrected chi connectivity index (χ4v) is 10.2. The van der Waals surface area contributed by atoms with Crippen LogP contribution < -0.4 is 5.32 Å². The molecule has 2 bridgehead atoms. The van der Waals surface area contributed by atoms with Crippen molar-refractivity contribution in [1.82, 2.24) is 5.32 Å². The van der Waals surface area contributed by atoms with E-state index in [1.807, 2.05) is 0 Å². The Morgan fingerprint density at radius 3 is 2.59 bits per heavy atom. The lowest BCUT2D eigenvalue weighted by Crippen LogP contribution is -2.36. The topological polar surface area (TPSA) is 196 Å². The Labute approximate surface area is 267 Å². The van der Waals surface area contributed by atoms with E-state index in [0.29, 0.717) is 43.7 Å². The van der Waals surface area contributed by atoms with E-state index in [1.54, 1.807) is 13.8 Å². The SMILES string of the molecule is COP(=O)(O)OC1[C@H]2COP(=O)(O)OC3[C@@H](CO)O[C@@H](C)[C@H]3SCCCCNC(=O)CCC(CCC(C)=O)CS[C@@H]1[C@H](C)O2. The number of fused-ring (bicyclic) bond motifs is 3. The monoisotopic (exact) mass is 707 g/mol. The average Bonchev–Trinajstić information content (AvgIpc) is 3.41. The minimum atomic E-state index is -4.72. The third-order valence-corrected chi connectivity index (χ3v) is 13.0. The van der Waals surface area contributed by atoms with Crippen LogP contribution in [0, 0.1) is 5.92 Å². The summed E-state index contributed by atoms with van der Waals surface area (Å²) in [6.07, 6.45) is -1.49. The highest BCUT2D eigenvalue weighted by Crippen LogP contribution is 2.52. The van der Waals surface area contributed by atoms with Crippen LogP contribution in [0.2, 0.25) is 0 Å². The average molecular weight is 708 g/mol. The lowest BCUT2D eigenvalue weighted by Gasteiger charge is -2.27. The number of ketones is 1. The fraction of sp³-hybridized carbons (Fsp3) is 0.923. The molecular formula is C26H47NO13P2S2. The second kappa shape index (κ2) is 17.9. The summed E-state index contributed by atoms with van der Waals surface area (Å²) in [5.74, 6) is 1.15. The fourth-order valence-electron chi connectivity index (χ4n) is 5.43. The van der Waals surface area contributed by atoms with Gasteiger partial charge in [0.15, 0.2) is 0 Å². The predicted octanol–water partition coefficient (Wildman–Crippen LogP) is 3.07. The van der Waals surface area contributed by atoms with Crippen LogP contribution >= 0.6 is 39.2 Å². The van der Waals surface area contributed by atoms with Gasteiger partial charge in [0.2, 0.25) is 5.91 Å². The van der Waals surface area contributed by atoms with Crippen molar-refractivity contribution >= 4 is 50.9 Å². The van der Waals surface area contributed by atoms with Gasteiger partial charge >= 0.3 is 15.6 Å². The highest BCUT2D eigenvalue weighted by Gasteiger charge is 2.50. The van der Waals surface area contributed by atoms with E-state index in [0.717, 1.165) is 20.0 Å². The van der Waals surface area contributed by atoms with Crippen LogP contribution in [0.4, 0.5) is 0 Å². The van der Waals surface area contributed by atoms with Crippen molar-refractivity contribution in [2.24, 2.45) is 5.92 Å². The first-order chi connectivity index (χ1) is 20.7. The van der Waals surface area contributed by atoms with E-state index in [-0.39, 0.29) is 29.0 Å². The summed E-state index contributed by atoms with van der Waals surface area (Å²) in [5, 5.41) is 11.9. The zero-order chi connectivity index (χ0) is 32.5. The normalized spacial score (nSPS) is 39.9. The molecule has 11 atom stereocenters. The van der Waals surface area contributed by atoms with E-state index in [2.05, 4.69) is 9.84 Å². The molecule has 3 fully saturated rings. The summed E-state index contributed by atoms with van der Waals surface area (Å²) < 4.78 is 58.5. The van der Waals surface area contributed by atoms with E-state index in [1.165, 1.54) is 30.4 Å². The first kappa shape index (κ1) is 38.4. The van der Waals surface area contributed by atoms with Crippen LogP contribution in [0.5, 0.6) is 0 Å². The molecule has 0 spiro atoms. The Hall–Kier alpha value is -0.0600. The number of phosphoric ester groups is 2. The van der Waals surface area contributed by atoms with Gasteiger partial charge in [0.1, 0.15) is 30.2 Å². The van der Waals surface area contributed by atoms with E-state index >= 15 is 0 Å². The van der Waals surface area contributed by atoms with Crippen molar-refractivity contribution in [3.63, 3.8) is 0 Å². The minimum Gasteiger partial charge on any atom is -0.394 e. The third-order valence-electron chi connectivity index (χ3n) is 7.82. The van der Waals surface area contributed by atoms with Crippen molar-refractivity contribution in [2.75, 3.05) is 38.4 Å². The molecule has 0 aromatic rings. The summed E-state index contributed by atoms with van der Waals surface area (Å²) in [6, 6.07) is 0. The highest BCUT2D eigenvalue weighted by molar-refractivity contribution is 8.00. The third kappa shape index (κ3) is 11.9. The van der Waals surface area contributed by atoms with Crippen LogP contribution in [-0.2, 0) is 46.3 Å². The zero-order valence-corrected chi connectivity index (χ0v) is 29.0. The van der Waals surface area contributed by atoms with E-state index in [4.69, 9.17) is 23.0 Å². The van der Waals surface area contributed by atoms with Gasteiger partial charge in [-0.2, -0.15) is 23.5 Å². The summed E-state index contributed by atoms with van der Waals surface area (Å²) in [7, 11) is -8.20. The number of hydrogen-bond donors (Lipinski definition) is 4. The molecule has 3 heterocycles. The van der Waals surface area contributed by atoms with Gasteiger partial charge in [0, 0.05) is 26.5 Å². The molecule has 1 amide bonds. The number of Topliss-reactive ketones (excluding diaryl/α,β-unsaturated/α-hetero) is 1. The van der Waals surface area contributed by atoms with Gasteiger partial charge in [-0.1, -0.05) is 0 Å². The van der Waals surface area contributed by atoms with Crippen LogP contribution in [0.25, 0.3) is 0 Å². The number of carbonyl (C=O) groups is 2. The summed E-state index contributed by atoms with van der Waals surface area (Å²) >= 11 is 2.91. The van der Waals surface area contributed by atoms with Crippen LogP contribution in [0.15, 0.2) is 0 Å².